The van der Waals surface area contributed by atoms with Gasteiger partial charge in [-0.25, -0.2) is 0 Å². The zero-order valence-electron chi connectivity index (χ0n) is 11.4. The van der Waals surface area contributed by atoms with E-state index in [1.165, 1.54) is 24.0 Å². The molecule has 16 heavy (non-hydrogen) atoms. The second-order valence-electron chi connectivity index (χ2n) is 7.11. The third-order valence-corrected chi connectivity index (χ3v) is 3.75. The fraction of sp³-hybridized carbons (Fsp3) is 0.625. The lowest BCUT2D eigenvalue weighted by molar-refractivity contribution is 0.338. The lowest BCUT2D eigenvalue weighted by Crippen LogP contribution is -2.25. The largest absolute Gasteiger partial charge is 0.0952 e. The zero-order chi connectivity index (χ0) is 12.1. The Balaban J connectivity index is 2.53. The first kappa shape index (κ1) is 11.7. The first-order valence-corrected chi connectivity index (χ1v) is 6.30. The number of fused-ring (bicyclic) bond motifs is 1. The van der Waals surface area contributed by atoms with Gasteiger partial charge in [0.25, 0.3) is 0 Å². The molecule has 0 N–H and O–H groups in total. The average molecular weight is 216 g/mol. The van der Waals surface area contributed by atoms with Crippen LogP contribution in [0.25, 0.3) is 0 Å². The number of rotatable bonds is 0. The van der Waals surface area contributed by atoms with Crippen molar-refractivity contribution >= 4 is 0 Å². The van der Waals surface area contributed by atoms with Gasteiger partial charge in [-0.2, -0.15) is 0 Å². The fourth-order valence-electron chi connectivity index (χ4n) is 3.56. The molecule has 2 aliphatic carbocycles. The van der Waals surface area contributed by atoms with Gasteiger partial charge in [0.15, 0.2) is 0 Å². The monoisotopic (exact) mass is 216 g/mol. The molecule has 0 heteroatoms. The molecule has 0 radical (unpaired) electrons. The van der Waals surface area contributed by atoms with Crippen LogP contribution in [0.1, 0.15) is 53.9 Å². The van der Waals surface area contributed by atoms with E-state index >= 15 is 0 Å². The van der Waals surface area contributed by atoms with Crippen LogP contribution in [0, 0.1) is 10.8 Å². The van der Waals surface area contributed by atoms with Crippen molar-refractivity contribution in [1.29, 1.82) is 0 Å². The summed E-state index contributed by atoms with van der Waals surface area (Å²) in [6.45, 7) is 16.0. The molecule has 0 nitrogen and oxygen atoms in total. The summed E-state index contributed by atoms with van der Waals surface area (Å²) >= 11 is 0. The van der Waals surface area contributed by atoms with Gasteiger partial charge in [-0.3, -0.25) is 0 Å². The minimum absolute atomic E-state index is 0.295. The highest BCUT2D eigenvalue weighted by molar-refractivity contribution is 5.54. The average Bonchev–Trinajstić information content (AvgIpc) is 1.94. The van der Waals surface area contributed by atoms with Gasteiger partial charge in [0.05, 0.1) is 0 Å². The number of hydrogen-bond acceptors (Lipinski definition) is 0. The Morgan fingerprint density at radius 1 is 1.06 bits per heavy atom. The zero-order valence-corrected chi connectivity index (χ0v) is 11.4. The molecule has 0 aromatic carbocycles. The van der Waals surface area contributed by atoms with E-state index in [2.05, 4.69) is 47.3 Å². The standard InChI is InChI=1S/C16H24/c1-11-7-15(3,4)9-13-10-16(5,6)8-12(2)14(11)13/h9H,1,7-8,10H2,2-6H3. The van der Waals surface area contributed by atoms with Gasteiger partial charge in [0, 0.05) is 0 Å². The fourth-order valence-corrected chi connectivity index (χ4v) is 3.56. The number of hydrogen-bond donors (Lipinski definition) is 0. The molecule has 0 saturated carbocycles. The van der Waals surface area contributed by atoms with E-state index in [4.69, 9.17) is 0 Å². The Hall–Kier alpha value is -0.780. The van der Waals surface area contributed by atoms with Crippen molar-refractivity contribution in [2.24, 2.45) is 10.8 Å². The molecular formula is C16H24. The molecule has 0 aromatic rings. The Labute approximate surface area is 100 Å². The van der Waals surface area contributed by atoms with Crippen molar-refractivity contribution in [2.45, 2.75) is 53.9 Å². The molecule has 0 aliphatic heterocycles. The molecule has 0 spiro atoms. The van der Waals surface area contributed by atoms with Crippen LogP contribution in [0.3, 0.4) is 0 Å². The van der Waals surface area contributed by atoms with Crippen LogP contribution < -0.4 is 0 Å². The summed E-state index contributed by atoms with van der Waals surface area (Å²) in [7, 11) is 0. The van der Waals surface area contributed by atoms with Crippen molar-refractivity contribution in [3.63, 3.8) is 0 Å². The molecule has 2 rings (SSSR count). The van der Waals surface area contributed by atoms with Gasteiger partial charge in [-0.1, -0.05) is 45.9 Å². The highest BCUT2D eigenvalue weighted by Gasteiger charge is 2.34. The lowest BCUT2D eigenvalue weighted by atomic mass is 9.65. The maximum absolute atomic E-state index is 4.29. The van der Waals surface area contributed by atoms with E-state index in [9.17, 15) is 0 Å². The van der Waals surface area contributed by atoms with E-state index in [0.717, 1.165) is 6.42 Å². The summed E-state index contributed by atoms with van der Waals surface area (Å²) in [4.78, 5) is 0. The summed E-state index contributed by atoms with van der Waals surface area (Å²) in [5, 5.41) is 0. The van der Waals surface area contributed by atoms with E-state index < -0.39 is 0 Å². The SMILES string of the molecule is C=C1CC(C)(C)C=C2CC(C)(C)CC(C)=C12. The van der Waals surface area contributed by atoms with E-state index in [0.29, 0.717) is 10.8 Å². The van der Waals surface area contributed by atoms with Gasteiger partial charge < -0.3 is 0 Å². The molecule has 0 aromatic heterocycles. The van der Waals surface area contributed by atoms with Gasteiger partial charge in [-0.15, -0.1) is 0 Å². The van der Waals surface area contributed by atoms with Crippen molar-refractivity contribution in [3.8, 4) is 0 Å². The van der Waals surface area contributed by atoms with Crippen LogP contribution in [-0.2, 0) is 0 Å². The Bertz CT molecular complexity index is 400. The Morgan fingerprint density at radius 2 is 1.69 bits per heavy atom. The van der Waals surface area contributed by atoms with Crippen LogP contribution in [0.5, 0.6) is 0 Å². The van der Waals surface area contributed by atoms with Gasteiger partial charge in [0.1, 0.15) is 0 Å². The predicted molar refractivity (Wildman–Crippen MR) is 71.3 cm³/mol. The normalized spacial score (nSPS) is 27.6. The predicted octanol–water partition coefficient (Wildman–Crippen LogP) is 5.04. The molecule has 0 fully saturated rings. The first-order valence-electron chi connectivity index (χ1n) is 6.30. The molecule has 88 valence electrons. The lowest BCUT2D eigenvalue weighted by Gasteiger charge is -2.40. The van der Waals surface area contributed by atoms with Crippen LogP contribution in [0.4, 0.5) is 0 Å². The van der Waals surface area contributed by atoms with Crippen molar-refractivity contribution in [1.82, 2.24) is 0 Å². The highest BCUT2D eigenvalue weighted by Crippen LogP contribution is 2.49. The molecule has 0 amide bonds. The van der Waals surface area contributed by atoms with Crippen molar-refractivity contribution < 1.29 is 0 Å². The molecule has 0 unspecified atom stereocenters. The maximum Gasteiger partial charge on any atom is -0.0128 e. The third-order valence-electron chi connectivity index (χ3n) is 3.75. The number of allylic oxidation sites excluding steroid dienone is 5. The third kappa shape index (κ3) is 2.03. The Kier molecular flexibility index (Phi) is 2.45. The molecule has 0 heterocycles. The molecule has 0 bridgehead atoms. The smallest absolute Gasteiger partial charge is 0.0128 e. The van der Waals surface area contributed by atoms with Crippen molar-refractivity contribution in [3.05, 3.63) is 34.9 Å². The van der Waals surface area contributed by atoms with E-state index in [-0.39, 0.29) is 0 Å². The summed E-state index contributed by atoms with van der Waals surface area (Å²) in [5.41, 5.74) is 6.67. The second kappa shape index (κ2) is 3.35. The second-order valence-corrected chi connectivity index (χ2v) is 7.11. The van der Waals surface area contributed by atoms with Crippen LogP contribution in [0.15, 0.2) is 34.9 Å². The Morgan fingerprint density at radius 3 is 2.31 bits per heavy atom. The summed E-state index contributed by atoms with van der Waals surface area (Å²) in [6, 6.07) is 0. The molecule has 0 saturated heterocycles. The summed E-state index contributed by atoms with van der Waals surface area (Å²) in [6.07, 6.45) is 6.03. The van der Waals surface area contributed by atoms with Crippen LogP contribution in [0.2, 0.25) is 0 Å². The topological polar surface area (TPSA) is 0 Å². The molecule has 0 atom stereocenters. The van der Waals surface area contributed by atoms with Gasteiger partial charge in [-0.05, 0) is 53.7 Å². The van der Waals surface area contributed by atoms with E-state index in [1.807, 2.05) is 0 Å². The molecular weight excluding hydrogens is 192 g/mol. The maximum atomic E-state index is 4.29. The molecule has 2 aliphatic rings. The van der Waals surface area contributed by atoms with Crippen LogP contribution >= 0.6 is 0 Å². The minimum atomic E-state index is 0.295. The summed E-state index contributed by atoms with van der Waals surface area (Å²) in [5.74, 6) is 0. The van der Waals surface area contributed by atoms with Gasteiger partial charge in [0.2, 0.25) is 0 Å². The van der Waals surface area contributed by atoms with Crippen LogP contribution in [-0.4, -0.2) is 0 Å². The quantitative estimate of drug-likeness (QED) is 0.532. The van der Waals surface area contributed by atoms with Gasteiger partial charge >= 0.3 is 0 Å². The highest BCUT2D eigenvalue weighted by atomic mass is 14.4. The van der Waals surface area contributed by atoms with E-state index in [1.54, 1.807) is 11.1 Å². The first-order chi connectivity index (χ1) is 7.20. The summed E-state index contributed by atoms with van der Waals surface area (Å²) < 4.78 is 0. The van der Waals surface area contributed by atoms with Crippen molar-refractivity contribution in [2.75, 3.05) is 0 Å². The minimum Gasteiger partial charge on any atom is -0.0952 e.